The van der Waals surface area contributed by atoms with Gasteiger partial charge in [-0.05, 0) is 49.8 Å². The number of hydrogen-bond acceptors (Lipinski definition) is 6. The summed E-state index contributed by atoms with van der Waals surface area (Å²) in [6, 6.07) is 5.25. The van der Waals surface area contributed by atoms with Crippen molar-refractivity contribution in [3.63, 3.8) is 0 Å². The highest BCUT2D eigenvalue weighted by Gasteiger charge is 2.26. The van der Waals surface area contributed by atoms with Gasteiger partial charge in [0, 0.05) is 44.5 Å². The van der Waals surface area contributed by atoms with E-state index < -0.39 is 6.10 Å². The van der Waals surface area contributed by atoms with Gasteiger partial charge in [0.05, 0.1) is 5.39 Å². The number of rotatable bonds is 7. The molecule has 0 radical (unpaired) electrons. The maximum absolute atomic E-state index is 13.0. The van der Waals surface area contributed by atoms with Crippen molar-refractivity contribution in [2.24, 2.45) is 0 Å². The number of hydrogen-bond donors (Lipinski definition) is 0. The van der Waals surface area contributed by atoms with Gasteiger partial charge in [-0.3, -0.25) is 9.69 Å². The number of benzene rings is 1. The highest BCUT2D eigenvalue weighted by Crippen LogP contribution is 2.31. The van der Waals surface area contributed by atoms with Crippen LogP contribution in [0, 0.1) is 6.92 Å². The van der Waals surface area contributed by atoms with Crippen LogP contribution in [0.2, 0.25) is 0 Å². The van der Waals surface area contributed by atoms with Crippen LogP contribution in [-0.2, 0) is 11.2 Å². The Hall–Kier alpha value is -1.99. The molecule has 0 spiro atoms. The SMILES string of the molecule is CCc1cc(=O)oc2cc(C)cc(OC(C)C(=O)N3CCN(CCSC)CC3)c12. The van der Waals surface area contributed by atoms with Crippen LogP contribution in [0.5, 0.6) is 5.75 Å². The molecule has 1 aliphatic rings. The van der Waals surface area contributed by atoms with E-state index in [2.05, 4.69) is 11.2 Å². The average molecular weight is 419 g/mol. The molecular weight excluding hydrogens is 388 g/mol. The van der Waals surface area contributed by atoms with Gasteiger partial charge in [-0.25, -0.2) is 4.79 Å². The van der Waals surface area contributed by atoms with Crippen LogP contribution in [0.3, 0.4) is 0 Å². The largest absolute Gasteiger partial charge is 0.480 e. The normalized spacial score (nSPS) is 16.2. The van der Waals surface area contributed by atoms with Gasteiger partial charge in [-0.1, -0.05) is 6.92 Å². The van der Waals surface area contributed by atoms with Crippen LogP contribution in [0.4, 0.5) is 0 Å². The molecule has 2 heterocycles. The number of piperazine rings is 1. The van der Waals surface area contributed by atoms with Crippen LogP contribution in [0.15, 0.2) is 27.4 Å². The summed E-state index contributed by atoms with van der Waals surface area (Å²) in [7, 11) is 0. The van der Waals surface area contributed by atoms with E-state index in [9.17, 15) is 9.59 Å². The Morgan fingerprint density at radius 1 is 1.24 bits per heavy atom. The van der Waals surface area contributed by atoms with E-state index in [0.29, 0.717) is 17.8 Å². The zero-order valence-electron chi connectivity index (χ0n) is 17.7. The summed E-state index contributed by atoms with van der Waals surface area (Å²) >= 11 is 1.84. The first-order valence-electron chi connectivity index (χ1n) is 10.2. The van der Waals surface area contributed by atoms with Crippen LogP contribution in [0.1, 0.15) is 25.0 Å². The molecule has 29 heavy (non-hydrogen) atoms. The third-order valence-electron chi connectivity index (χ3n) is 5.36. The van der Waals surface area contributed by atoms with Crippen molar-refractivity contribution in [3.8, 4) is 5.75 Å². The summed E-state index contributed by atoms with van der Waals surface area (Å²) in [6.45, 7) is 10.0. The summed E-state index contributed by atoms with van der Waals surface area (Å²) in [4.78, 5) is 29.1. The first kappa shape index (κ1) is 21.7. The number of thioether (sulfide) groups is 1. The summed E-state index contributed by atoms with van der Waals surface area (Å²) in [5, 5.41) is 0.777. The summed E-state index contributed by atoms with van der Waals surface area (Å²) in [6.07, 6.45) is 2.19. The Bertz CT molecular complexity index is 919. The fourth-order valence-electron chi connectivity index (χ4n) is 3.75. The zero-order chi connectivity index (χ0) is 21.0. The molecule has 6 nitrogen and oxygen atoms in total. The van der Waals surface area contributed by atoms with Crippen molar-refractivity contribution < 1.29 is 13.9 Å². The van der Waals surface area contributed by atoms with Crippen LogP contribution in [-0.4, -0.2) is 66.5 Å². The maximum Gasteiger partial charge on any atom is 0.336 e. The molecule has 0 N–H and O–H groups in total. The number of fused-ring (bicyclic) bond motifs is 1. The molecule has 1 aliphatic heterocycles. The number of aryl methyl sites for hydroxylation is 2. The van der Waals surface area contributed by atoms with Crippen molar-refractivity contribution in [2.45, 2.75) is 33.3 Å². The maximum atomic E-state index is 13.0. The predicted molar refractivity (Wildman–Crippen MR) is 118 cm³/mol. The van der Waals surface area contributed by atoms with E-state index in [1.165, 1.54) is 6.07 Å². The molecule has 1 amide bonds. The lowest BCUT2D eigenvalue weighted by molar-refractivity contribution is -0.139. The minimum Gasteiger partial charge on any atom is -0.480 e. The molecule has 1 atom stereocenters. The lowest BCUT2D eigenvalue weighted by Gasteiger charge is -2.35. The van der Waals surface area contributed by atoms with Gasteiger partial charge in [-0.2, -0.15) is 11.8 Å². The first-order valence-corrected chi connectivity index (χ1v) is 11.6. The molecule has 0 aliphatic carbocycles. The van der Waals surface area contributed by atoms with Gasteiger partial charge < -0.3 is 14.1 Å². The van der Waals surface area contributed by atoms with Gasteiger partial charge in [0.15, 0.2) is 6.10 Å². The third-order valence-corrected chi connectivity index (χ3v) is 5.95. The molecule has 1 unspecified atom stereocenters. The lowest BCUT2D eigenvalue weighted by atomic mass is 10.0. The molecule has 0 saturated carbocycles. The van der Waals surface area contributed by atoms with Gasteiger partial charge in [-0.15, -0.1) is 0 Å². The standard InChI is InChI=1S/C22H30N2O4S/c1-5-17-14-20(25)28-19-13-15(2)12-18(21(17)19)27-16(3)22(26)24-8-6-23(7-9-24)10-11-29-4/h12-14,16H,5-11H2,1-4H3. The van der Waals surface area contributed by atoms with Gasteiger partial charge >= 0.3 is 5.63 Å². The fourth-order valence-corrected chi connectivity index (χ4v) is 4.19. The number of nitrogens with zero attached hydrogens (tertiary/aromatic N) is 2. The molecule has 158 valence electrons. The van der Waals surface area contributed by atoms with Crippen molar-refractivity contribution in [1.82, 2.24) is 9.80 Å². The zero-order valence-corrected chi connectivity index (χ0v) is 18.5. The molecule has 7 heteroatoms. The monoisotopic (exact) mass is 418 g/mol. The fraction of sp³-hybridized carbons (Fsp3) is 0.545. The van der Waals surface area contributed by atoms with E-state index in [0.717, 1.165) is 55.0 Å². The van der Waals surface area contributed by atoms with Gasteiger partial charge in [0.2, 0.25) is 0 Å². The minimum atomic E-state index is -0.602. The van der Waals surface area contributed by atoms with Crippen LogP contribution >= 0.6 is 11.8 Å². The Balaban J connectivity index is 1.75. The Morgan fingerprint density at radius 2 is 1.97 bits per heavy atom. The van der Waals surface area contributed by atoms with Crippen LogP contribution < -0.4 is 10.4 Å². The molecule has 1 saturated heterocycles. The van der Waals surface area contributed by atoms with E-state index in [-0.39, 0.29) is 11.5 Å². The quantitative estimate of drug-likeness (QED) is 0.645. The summed E-state index contributed by atoms with van der Waals surface area (Å²) in [5.41, 5.74) is 1.93. The number of carbonyl (C=O) groups excluding carboxylic acids is 1. The summed E-state index contributed by atoms with van der Waals surface area (Å²) in [5.74, 6) is 1.71. The highest BCUT2D eigenvalue weighted by atomic mass is 32.2. The van der Waals surface area contributed by atoms with E-state index in [4.69, 9.17) is 9.15 Å². The summed E-state index contributed by atoms with van der Waals surface area (Å²) < 4.78 is 11.5. The Morgan fingerprint density at radius 3 is 2.62 bits per heavy atom. The Labute approximate surface area is 176 Å². The van der Waals surface area contributed by atoms with E-state index in [1.807, 2.05) is 42.6 Å². The van der Waals surface area contributed by atoms with E-state index >= 15 is 0 Å². The predicted octanol–water partition coefficient (Wildman–Crippen LogP) is 2.94. The second kappa shape index (κ2) is 9.67. The third kappa shape index (κ3) is 5.14. The minimum absolute atomic E-state index is 0.000366. The smallest absolute Gasteiger partial charge is 0.336 e. The molecule has 1 aromatic carbocycles. The van der Waals surface area contributed by atoms with Crippen molar-refractivity contribution in [1.29, 1.82) is 0 Å². The molecule has 1 aromatic heterocycles. The molecule has 1 fully saturated rings. The van der Waals surface area contributed by atoms with Crippen molar-refractivity contribution >= 4 is 28.6 Å². The van der Waals surface area contributed by atoms with Crippen molar-refractivity contribution in [3.05, 3.63) is 39.7 Å². The molecule has 2 aromatic rings. The molecule has 0 bridgehead atoms. The van der Waals surface area contributed by atoms with E-state index in [1.54, 1.807) is 6.92 Å². The molecular formula is C22H30N2O4S. The van der Waals surface area contributed by atoms with Gasteiger partial charge in [0.1, 0.15) is 11.3 Å². The Kier molecular flexibility index (Phi) is 7.24. The average Bonchev–Trinajstić information content (AvgIpc) is 2.70. The lowest BCUT2D eigenvalue weighted by Crippen LogP contribution is -2.52. The molecule has 3 rings (SSSR count). The number of ether oxygens (including phenoxy) is 1. The van der Waals surface area contributed by atoms with Crippen LogP contribution in [0.25, 0.3) is 11.0 Å². The number of amides is 1. The van der Waals surface area contributed by atoms with Gasteiger partial charge in [0.25, 0.3) is 5.91 Å². The highest BCUT2D eigenvalue weighted by molar-refractivity contribution is 7.98. The second-order valence-corrected chi connectivity index (χ2v) is 8.49. The number of carbonyl (C=O) groups is 1. The van der Waals surface area contributed by atoms with Crippen molar-refractivity contribution in [2.75, 3.05) is 44.7 Å². The topological polar surface area (TPSA) is 63.0 Å². The second-order valence-electron chi connectivity index (χ2n) is 7.50. The first-order chi connectivity index (χ1) is 13.9.